The van der Waals surface area contributed by atoms with Crippen molar-refractivity contribution in [2.75, 3.05) is 7.11 Å². The Hall–Kier alpha value is -1.22. The zero-order chi connectivity index (χ0) is 13.0. The topological polar surface area (TPSA) is 39.2 Å². The van der Waals surface area contributed by atoms with E-state index in [4.69, 9.17) is 4.74 Å². The van der Waals surface area contributed by atoms with Gasteiger partial charge in [0.05, 0.1) is 6.42 Å². The number of aromatic nitrogens is 1. The normalized spacial score (nSPS) is 28.0. The predicted octanol–water partition coefficient (Wildman–Crippen LogP) is 2.79. The Morgan fingerprint density at radius 3 is 2.72 bits per heavy atom. The van der Waals surface area contributed by atoms with Crippen LogP contribution in [-0.4, -0.2) is 23.5 Å². The van der Waals surface area contributed by atoms with E-state index in [1.54, 1.807) is 13.3 Å². The van der Waals surface area contributed by atoms with E-state index in [0.717, 1.165) is 31.4 Å². The molecule has 1 aromatic rings. The lowest BCUT2D eigenvalue weighted by atomic mass is 9.76. The fraction of sp³-hybridized carbons (Fsp3) is 0.600. The summed E-state index contributed by atoms with van der Waals surface area (Å²) in [5.74, 6) is 0.881. The van der Waals surface area contributed by atoms with Crippen LogP contribution in [0.25, 0.3) is 0 Å². The van der Waals surface area contributed by atoms with Crippen molar-refractivity contribution >= 4 is 5.78 Å². The van der Waals surface area contributed by atoms with Crippen LogP contribution in [0, 0.1) is 5.92 Å². The van der Waals surface area contributed by atoms with Crippen LogP contribution >= 0.6 is 0 Å². The number of Topliss-reactive ketones (excluding diaryl/α,β-unsaturated/α-hetero) is 1. The van der Waals surface area contributed by atoms with E-state index in [2.05, 4.69) is 11.9 Å². The number of rotatable bonds is 4. The molecule has 0 aliphatic heterocycles. The predicted molar refractivity (Wildman–Crippen MR) is 70.3 cm³/mol. The van der Waals surface area contributed by atoms with Gasteiger partial charge in [-0.1, -0.05) is 13.0 Å². The summed E-state index contributed by atoms with van der Waals surface area (Å²) in [4.78, 5) is 16.7. The van der Waals surface area contributed by atoms with E-state index >= 15 is 0 Å². The summed E-state index contributed by atoms with van der Waals surface area (Å²) >= 11 is 0. The molecule has 0 N–H and O–H groups in total. The molecule has 0 saturated heterocycles. The zero-order valence-electron chi connectivity index (χ0n) is 11.2. The Balaban J connectivity index is 2.06. The molecule has 0 unspecified atom stereocenters. The van der Waals surface area contributed by atoms with Gasteiger partial charge in [0.2, 0.25) is 0 Å². The van der Waals surface area contributed by atoms with E-state index in [-0.39, 0.29) is 5.78 Å². The van der Waals surface area contributed by atoms with Crippen molar-refractivity contribution in [1.82, 2.24) is 4.98 Å². The third kappa shape index (κ3) is 2.78. The van der Waals surface area contributed by atoms with Gasteiger partial charge < -0.3 is 4.74 Å². The van der Waals surface area contributed by atoms with E-state index in [1.165, 1.54) is 0 Å². The molecule has 3 heteroatoms. The molecule has 1 fully saturated rings. The van der Waals surface area contributed by atoms with Crippen molar-refractivity contribution in [2.24, 2.45) is 5.92 Å². The molecule has 1 aliphatic rings. The van der Waals surface area contributed by atoms with Crippen molar-refractivity contribution in [1.29, 1.82) is 0 Å². The molecule has 98 valence electrons. The maximum atomic E-state index is 12.5. The maximum Gasteiger partial charge on any atom is 0.170 e. The van der Waals surface area contributed by atoms with Crippen molar-refractivity contribution in [3.8, 4) is 0 Å². The van der Waals surface area contributed by atoms with E-state index < -0.39 is 5.60 Å². The van der Waals surface area contributed by atoms with Gasteiger partial charge in [-0.15, -0.1) is 0 Å². The summed E-state index contributed by atoms with van der Waals surface area (Å²) in [5.41, 5.74) is 0.266. The molecule has 1 heterocycles. The summed E-state index contributed by atoms with van der Waals surface area (Å²) in [7, 11) is 1.66. The quantitative estimate of drug-likeness (QED) is 0.821. The molecule has 1 aliphatic carbocycles. The van der Waals surface area contributed by atoms with Crippen LogP contribution in [0.5, 0.6) is 0 Å². The lowest BCUT2D eigenvalue weighted by molar-refractivity contribution is -0.145. The average Bonchev–Trinajstić information content (AvgIpc) is 2.41. The summed E-state index contributed by atoms with van der Waals surface area (Å²) in [6, 6.07) is 5.67. The fourth-order valence-electron chi connectivity index (χ4n) is 2.65. The molecule has 0 spiro atoms. The summed E-state index contributed by atoms with van der Waals surface area (Å²) < 4.78 is 5.58. The van der Waals surface area contributed by atoms with E-state index in [0.29, 0.717) is 12.3 Å². The smallest absolute Gasteiger partial charge is 0.170 e. The molecule has 1 saturated carbocycles. The first-order chi connectivity index (χ1) is 8.66. The molecule has 0 bridgehead atoms. The molecule has 0 atom stereocenters. The van der Waals surface area contributed by atoms with E-state index in [1.807, 2.05) is 18.2 Å². The van der Waals surface area contributed by atoms with Gasteiger partial charge in [-0.25, -0.2) is 0 Å². The highest BCUT2D eigenvalue weighted by Gasteiger charge is 2.40. The number of carbonyl (C=O) groups excluding carboxylic acids is 1. The third-order valence-electron chi connectivity index (χ3n) is 4.05. The fourth-order valence-corrected chi connectivity index (χ4v) is 2.65. The Labute approximate surface area is 109 Å². The maximum absolute atomic E-state index is 12.5. The number of pyridine rings is 1. The van der Waals surface area contributed by atoms with Gasteiger partial charge in [-0.3, -0.25) is 9.78 Å². The second kappa shape index (κ2) is 5.61. The van der Waals surface area contributed by atoms with Crippen LogP contribution in [0.15, 0.2) is 24.4 Å². The Bertz CT molecular complexity index is 394. The summed E-state index contributed by atoms with van der Waals surface area (Å²) in [6.45, 7) is 2.24. The van der Waals surface area contributed by atoms with E-state index in [9.17, 15) is 4.79 Å². The summed E-state index contributed by atoms with van der Waals surface area (Å²) in [6.07, 6.45) is 5.93. The highest BCUT2D eigenvalue weighted by atomic mass is 16.5. The van der Waals surface area contributed by atoms with Crippen LogP contribution in [-0.2, 0) is 16.0 Å². The van der Waals surface area contributed by atoms with Crippen LogP contribution in [0.1, 0.15) is 38.3 Å². The number of nitrogens with zero attached hydrogens (tertiary/aromatic N) is 1. The van der Waals surface area contributed by atoms with Crippen molar-refractivity contribution < 1.29 is 9.53 Å². The number of methoxy groups -OCH3 is 1. The number of ether oxygens (including phenoxy) is 1. The van der Waals surface area contributed by atoms with Crippen molar-refractivity contribution in [3.05, 3.63) is 30.1 Å². The molecular formula is C15H21NO2. The van der Waals surface area contributed by atoms with Crippen molar-refractivity contribution in [3.63, 3.8) is 0 Å². The van der Waals surface area contributed by atoms with Gasteiger partial charge in [-0.2, -0.15) is 0 Å². The molecule has 0 amide bonds. The monoisotopic (exact) mass is 247 g/mol. The minimum atomic E-state index is -0.565. The second-order valence-corrected chi connectivity index (χ2v) is 5.30. The first-order valence-corrected chi connectivity index (χ1v) is 6.65. The van der Waals surface area contributed by atoms with Gasteiger partial charge in [0, 0.05) is 19.0 Å². The number of hydrogen-bond donors (Lipinski definition) is 0. The van der Waals surface area contributed by atoms with Crippen molar-refractivity contribution in [2.45, 2.75) is 44.6 Å². The first-order valence-electron chi connectivity index (χ1n) is 6.65. The van der Waals surface area contributed by atoms with Crippen LogP contribution in [0.2, 0.25) is 0 Å². The Morgan fingerprint density at radius 1 is 1.44 bits per heavy atom. The number of hydrogen-bond acceptors (Lipinski definition) is 3. The molecule has 3 nitrogen and oxygen atoms in total. The Kier molecular flexibility index (Phi) is 4.12. The minimum absolute atomic E-state index is 0.176. The molecule has 1 aromatic heterocycles. The molecule has 2 rings (SSSR count). The van der Waals surface area contributed by atoms with Gasteiger partial charge in [0.15, 0.2) is 5.78 Å². The third-order valence-corrected chi connectivity index (χ3v) is 4.05. The van der Waals surface area contributed by atoms with Gasteiger partial charge in [0.25, 0.3) is 0 Å². The summed E-state index contributed by atoms with van der Waals surface area (Å²) in [5, 5.41) is 0. The number of ketones is 1. The molecule has 18 heavy (non-hydrogen) atoms. The largest absolute Gasteiger partial charge is 0.370 e. The molecule has 0 aromatic carbocycles. The number of carbonyl (C=O) groups is 1. The van der Waals surface area contributed by atoms with Crippen LogP contribution < -0.4 is 0 Å². The van der Waals surface area contributed by atoms with Gasteiger partial charge in [0.1, 0.15) is 5.60 Å². The average molecular weight is 247 g/mol. The van der Waals surface area contributed by atoms with Gasteiger partial charge in [-0.05, 0) is 43.7 Å². The molecular weight excluding hydrogens is 226 g/mol. The van der Waals surface area contributed by atoms with Crippen LogP contribution in [0.4, 0.5) is 0 Å². The zero-order valence-corrected chi connectivity index (χ0v) is 11.2. The lowest BCUT2D eigenvalue weighted by Crippen LogP contribution is -2.44. The highest BCUT2D eigenvalue weighted by Crippen LogP contribution is 2.35. The first kappa shape index (κ1) is 13.2. The SMILES string of the molecule is COC1(C(=O)Cc2ccccn2)CCC(C)CC1. The standard InChI is InChI=1S/C15H21NO2/c1-12-6-8-15(18-2,9-7-12)14(17)11-13-5-3-4-10-16-13/h3-5,10,12H,6-9,11H2,1-2H3. The second-order valence-electron chi connectivity index (χ2n) is 5.30. The lowest BCUT2D eigenvalue weighted by Gasteiger charge is -2.36. The molecule has 0 radical (unpaired) electrons. The Morgan fingerprint density at radius 2 is 2.17 bits per heavy atom. The van der Waals surface area contributed by atoms with Gasteiger partial charge >= 0.3 is 0 Å². The van der Waals surface area contributed by atoms with Crippen LogP contribution in [0.3, 0.4) is 0 Å². The minimum Gasteiger partial charge on any atom is -0.370 e. The highest BCUT2D eigenvalue weighted by molar-refractivity contribution is 5.89.